The van der Waals surface area contributed by atoms with Gasteiger partial charge in [0, 0.05) is 24.7 Å². The molecule has 6 nitrogen and oxygen atoms in total. The molecule has 1 aromatic rings. The Balaban J connectivity index is 0.00000529. The number of nitrogens with zero attached hydrogens (tertiary/aromatic N) is 1. The van der Waals surface area contributed by atoms with Gasteiger partial charge in [-0.3, -0.25) is 14.9 Å². The highest BCUT2D eigenvalue weighted by Gasteiger charge is 2.17. The van der Waals surface area contributed by atoms with Gasteiger partial charge in [-0.05, 0) is 36.8 Å². The van der Waals surface area contributed by atoms with Crippen LogP contribution < -0.4 is 10.6 Å². The third-order valence-electron chi connectivity index (χ3n) is 3.21. The van der Waals surface area contributed by atoms with Gasteiger partial charge in [0.25, 0.3) is 11.6 Å². The molecule has 24 heavy (non-hydrogen) atoms. The summed E-state index contributed by atoms with van der Waals surface area (Å²) in [6, 6.07) is 4.68. The maximum absolute atomic E-state index is 12.0. The zero-order chi connectivity index (χ0) is 17.2. The molecule has 1 aromatic carbocycles. The topological polar surface area (TPSA) is 84.3 Å². The van der Waals surface area contributed by atoms with Crippen molar-refractivity contribution >= 4 is 35.8 Å². The normalized spacial score (nSPS) is 10.3. The lowest BCUT2D eigenvalue weighted by Gasteiger charge is -2.08. The Labute approximate surface area is 153 Å². The van der Waals surface area contributed by atoms with Crippen LogP contribution in [0.4, 0.5) is 5.69 Å². The van der Waals surface area contributed by atoms with E-state index in [0.717, 1.165) is 18.7 Å². The van der Waals surface area contributed by atoms with E-state index in [1.165, 1.54) is 17.8 Å². The van der Waals surface area contributed by atoms with Gasteiger partial charge in [0.2, 0.25) is 0 Å². The number of nitro benzene ring substituents is 1. The van der Waals surface area contributed by atoms with Gasteiger partial charge in [0.05, 0.1) is 9.82 Å². The Morgan fingerprint density at radius 2 is 2.04 bits per heavy atom. The van der Waals surface area contributed by atoms with E-state index in [0.29, 0.717) is 29.5 Å². The van der Waals surface area contributed by atoms with E-state index in [4.69, 9.17) is 0 Å². The van der Waals surface area contributed by atoms with Crippen molar-refractivity contribution in [2.75, 3.05) is 25.4 Å². The van der Waals surface area contributed by atoms with Crippen LogP contribution in [0.5, 0.6) is 0 Å². The third kappa shape index (κ3) is 7.99. The molecular weight excluding hydrogens is 350 g/mol. The summed E-state index contributed by atoms with van der Waals surface area (Å²) in [5.41, 5.74) is 0.319. The number of thioether (sulfide) groups is 1. The van der Waals surface area contributed by atoms with Crippen LogP contribution >= 0.6 is 24.2 Å². The van der Waals surface area contributed by atoms with E-state index < -0.39 is 4.92 Å². The van der Waals surface area contributed by atoms with E-state index in [1.807, 2.05) is 6.92 Å². The number of rotatable bonds is 10. The zero-order valence-corrected chi connectivity index (χ0v) is 16.0. The molecular formula is C16H26ClN3O3S. The number of likely N-dealkylation sites (N-methyl/N-ethyl adjacent to an activating group) is 1. The molecule has 0 bridgehead atoms. The van der Waals surface area contributed by atoms with E-state index in [-0.39, 0.29) is 24.0 Å². The first-order valence-electron chi connectivity index (χ1n) is 7.85. The van der Waals surface area contributed by atoms with Gasteiger partial charge in [-0.25, -0.2) is 0 Å². The summed E-state index contributed by atoms with van der Waals surface area (Å²) >= 11 is 1.47. The second kappa shape index (κ2) is 12.1. The second-order valence-electron chi connectivity index (χ2n) is 5.58. The number of hydrogen-bond acceptors (Lipinski definition) is 5. The Bertz CT molecular complexity index is 541. The quantitative estimate of drug-likeness (QED) is 0.283. The summed E-state index contributed by atoms with van der Waals surface area (Å²) in [5, 5.41) is 17.1. The second-order valence-corrected chi connectivity index (χ2v) is 6.72. The number of nitrogens with one attached hydrogen (secondary N) is 2. The third-order valence-corrected chi connectivity index (χ3v) is 4.30. The lowest BCUT2D eigenvalue weighted by atomic mass is 10.2. The van der Waals surface area contributed by atoms with Crippen LogP contribution in [0.2, 0.25) is 0 Å². The molecule has 1 rings (SSSR count). The predicted octanol–water partition coefficient (Wildman–Crippen LogP) is 3.49. The van der Waals surface area contributed by atoms with E-state index >= 15 is 0 Å². The van der Waals surface area contributed by atoms with Crippen LogP contribution in [0.15, 0.2) is 23.1 Å². The van der Waals surface area contributed by atoms with Crippen molar-refractivity contribution in [3.8, 4) is 0 Å². The molecule has 0 aliphatic heterocycles. The summed E-state index contributed by atoms with van der Waals surface area (Å²) in [7, 11) is 0. The maximum atomic E-state index is 12.0. The van der Waals surface area contributed by atoms with Gasteiger partial charge in [-0.1, -0.05) is 20.8 Å². The van der Waals surface area contributed by atoms with Crippen LogP contribution in [-0.2, 0) is 0 Å². The van der Waals surface area contributed by atoms with Crippen molar-refractivity contribution in [1.82, 2.24) is 10.6 Å². The minimum atomic E-state index is -0.423. The first-order valence-corrected chi connectivity index (χ1v) is 8.84. The van der Waals surface area contributed by atoms with Crippen molar-refractivity contribution in [1.29, 1.82) is 0 Å². The number of carbonyl (C=O) groups excluding carboxylic acids is 1. The Kier molecular flexibility index (Phi) is 11.4. The highest BCUT2D eigenvalue weighted by molar-refractivity contribution is 7.99. The van der Waals surface area contributed by atoms with Crippen LogP contribution in [0.3, 0.4) is 0 Å². The number of hydrogen-bond donors (Lipinski definition) is 2. The molecule has 0 spiro atoms. The molecule has 0 fully saturated rings. The molecule has 1 amide bonds. The van der Waals surface area contributed by atoms with Gasteiger partial charge in [0.1, 0.15) is 0 Å². The Morgan fingerprint density at radius 1 is 1.33 bits per heavy atom. The van der Waals surface area contributed by atoms with E-state index in [2.05, 4.69) is 24.5 Å². The maximum Gasteiger partial charge on any atom is 0.283 e. The fraction of sp³-hybridized carbons (Fsp3) is 0.562. The molecule has 0 unspecified atom stereocenters. The summed E-state index contributed by atoms with van der Waals surface area (Å²) < 4.78 is 0. The average Bonchev–Trinajstić information content (AvgIpc) is 2.51. The fourth-order valence-electron chi connectivity index (χ4n) is 1.87. The number of carbonyl (C=O) groups is 1. The molecule has 0 atom stereocenters. The monoisotopic (exact) mass is 375 g/mol. The Hall–Kier alpha value is -1.31. The molecule has 0 aliphatic carbocycles. The summed E-state index contributed by atoms with van der Waals surface area (Å²) in [4.78, 5) is 23.5. The summed E-state index contributed by atoms with van der Waals surface area (Å²) in [6.45, 7) is 8.23. The minimum absolute atomic E-state index is 0. The zero-order valence-electron chi connectivity index (χ0n) is 14.3. The van der Waals surface area contributed by atoms with Gasteiger partial charge in [-0.15, -0.1) is 24.2 Å². The minimum Gasteiger partial charge on any atom is -0.351 e. The average molecular weight is 376 g/mol. The van der Waals surface area contributed by atoms with Gasteiger partial charge in [0.15, 0.2) is 0 Å². The first-order chi connectivity index (χ1) is 11.0. The molecule has 8 heteroatoms. The highest BCUT2D eigenvalue weighted by atomic mass is 35.5. The summed E-state index contributed by atoms with van der Waals surface area (Å²) in [5.74, 6) is 1.10. The van der Waals surface area contributed by atoms with Crippen LogP contribution in [0.25, 0.3) is 0 Å². The van der Waals surface area contributed by atoms with Gasteiger partial charge < -0.3 is 10.6 Å². The lowest BCUT2D eigenvalue weighted by molar-refractivity contribution is -0.387. The molecule has 0 aromatic heterocycles. The largest absolute Gasteiger partial charge is 0.351 e. The fourth-order valence-corrected chi connectivity index (χ4v) is 3.13. The molecule has 136 valence electrons. The highest BCUT2D eigenvalue weighted by Crippen LogP contribution is 2.31. The molecule has 0 saturated heterocycles. The van der Waals surface area contributed by atoms with E-state index in [9.17, 15) is 14.9 Å². The van der Waals surface area contributed by atoms with Crippen molar-refractivity contribution in [3.05, 3.63) is 33.9 Å². The SMILES string of the molecule is CCNCCNC(=O)c1ccc(SCCC(C)C)c([N+](=O)[O-])c1.Cl. The molecule has 0 aliphatic rings. The van der Waals surface area contributed by atoms with Crippen LogP contribution in [0.1, 0.15) is 37.6 Å². The predicted molar refractivity (Wildman–Crippen MR) is 101 cm³/mol. The number of benzene rings is 1. The van der Waals surface area contributed by atoms with Gasteiger partial charge in [-0.2, -0.15) is 0 Å². The molecule has 2 N–H and O–H groups in total. The first kappa shape index (κ1) is 22.7. The smallest absolute Gasteiger partial charge is 0.283 e. The van der Waals surface area contributed by atoms with Crippen LogP contribution in [0, 0.1) is 16.0 Å². The molecule has 0 heterocycles. The Morgan fingerprint density at radius 3 is 2.62 bits per heavy atom. The van der Waals surface area contributed by atoms with Crippen molar-refractivity contribution in [2.24, 2.45) is 5.92 Å². The van der Waals surface area contributed by atoms with Crippen LogP contribution in [-0.4, -0.2) is 36.2 Å². The molecule has 0 saturated carbocycles. The summed E-state index contributed by atoms with van der Waals surface area (Å²) in [6.07, 6.45) is 0.995. The molecule has 0 radical (unpaired) electrons. The van der Waals surface area contributed by atoms with Crippen molar-refractivity contribution < 1.29 is 9.72 Å². The number of nitro groups is 1. The number of amides is 1. The number of halogens is 1. The van der Waals surface area contributed by atoms with Gasteiger partial charge >= 0.3 is 0 Å². The van der Waals surface area contributed by atoms with Crippen molar-refractivity contribution in [3.63, 3.8) is 0 Å². The van der Waals surface area contributed by atoms with E-state index in [1.54, 1.807) is 12.1 Å². The van der Waals surface area contributed by atoms with Crippen molar-refractivity contribution in [2.45, 2.75) is 32.1 Å². The standard InChI is InChI=1S/C16H25N3O3S.ClH/c1-4-17-8-9-18-16(20)13-5-6-15(14(11-13)19(21)22)23-10-7-12(2)3;/h5-6,11-12,17H,4,7-10H2,1-3H3,(H,18,20);1H. The lowest BCUT2D eigenvalue weighted by Crippen LogP contribution is -2.31.